The number of hydrogen-bond acceptors (Lipinski definition) is 8. The summed E-state index contributed by atoms with van der Waals surface area (Å²) in [7, 11) is -10.8. The van der Waals surface area contributed by atoms with Crippen LogP contribution < -0.4 is 29.4 Å². The van der Waals surface area contributed by atoms with Crippen LogP contribution in [0.15, 0.2) is 0 Å². The van der Waals surface area contributed by atoms with Crippen LogP contribution in [0.5, 0.6) is 0 Å². The molecule has 0 aliphatic carbocycles. The molecule has 0 saturated carbocycles. The van der Waals surface area contributed by atoms with E-state index in [1.54, 1.807) is 0 Å². The van der Waals surface area contributed by atoms with Crippen molar-refractivity contribution in [3.8, 4) is 0 Å². The summed E-state index contributed by atoms with van der Waals surface area (Å²) < 4.78 is 17.1. The molecule has 8 nitrogen and oxygen atoms in total. The van der Waals surface area contributed by atoms with E-state index in [4.69, 9.17) is 38.5 Å². The minimum absolute atomic E-state index is 0. The van der Waals surface area contributed by atoms with Gasteiger partial charge in [-0.15, -0.1) is 0 Å². The van der Waals surface area contributed by atoms with Crippen molar-refractivity contribution in [3.05, 3.63) is 0 Å². The molecule has 0 aliphatic heterocycles. The molecule has 0 saturated heterocycles. The normalized spacial score (nSPS) is 9.08. The van der Waals surface area contributed by atoms with Gasteiger partial charge in [-0.2, -0.15) is 15.6 Å². The molecule has 0 aromatic carbocycles. The summed E-state index contributed by atoms with van der Waals surface area (Å²) in [6, 6.07) is 0. The van der Waals surface area contributed by atoms with Crippen molar-refractivity contribution in [2.24, 2.45) is 0 Å². The Morgan fingerprint density at radius 3 is 0.538 bits per heavy atom. The zero-order chi connectivity index (χ0) is 9.00. The van der Waals surface area contributed by atoms with Crippen LogP contribution in [0.2, 0.25) is 0 Å². The number of phosphoric acid groups is 2. The zero-order valence-electron chi connectivity index (χ0n) is 5.11. The van der Waals surface area contributed by atoms with Gasteiger partial charge in [0, 0.05) is 0 Å². The molecule has 13 heteroatoms. The summed E-state index contributed by atoms with van der Waals surface area (Å²) in [5.74, 6) is 0. The predicted octanol–water partition coefficient (Wildman–Crippen LogP) is -5.66. The predicted molar refractivity (Wildman–Crippen MR) is 15.2 cm³/mol. The quantitative estimate of drug-likeness (QED) is 0.301. The van der Waals surface area contributed by atoms with Crippen LogP contribution >= 0.6 is 15.6 Å². The minimum Gasteiger partial charge on any atom is -0.822 e. The van der Waals surface area contributed by atoms with Crippen LogP contribution in [-0.2, 0) is 58.6 Å². The van der Waals surface area contributed by atoms with Crippen molar-refractivity contribution in [1.82, 2.24) is 0 Å². The SMILES string of the molecule is O=P([O-])([O-])[O-].O=P([O-])([O-])[O-].[Ni+2].[Ni+2].[Ni+2]. The molecule has 0 heterocycles. The molecule has 0 aromatic rings. The van der Waals surface area contributed by atoms with Crippen LogP contribution in [0.25, 0.3) is 0 Å². The Labute approximate surface area is 103 Å². The molecule has 0 atom stereocenters. The molecule has 13 heavy (non-hydrogen) atoms. The standard InChI is InChI=1S/3Ni.2H3O4P/c;;;2*1-5(2,3)4/h;;;2*(H3,1,2,3,4)/q3*+2;;/p-6. The van der Waals surface area contributed by atoms with Gasteiger partial charge in [-0.05, 0) is 0 Å². The molecule has 0 aliphatic rings. The monoisotopic (exact) mass is 364 g/mol. The first-order chi connectivity index (χ1) is 4.00. The van der Waals surface area contributed by atoms with E-state index in [2.05, 4.69) is 0 Å². The summed E-state index contributed by atoms with van der Waals surface area (Å²) in [5, 5.41) is 0. The van der Waals surface area contributed by atoms with Gasteiger partial charge in [-0.3, -0.25) is 0 Å². The van der Waals surface area contributed by atoms with Crippen molar-refractivity contribution in [2.75, 3.05) is 0 Å². The second kappa shape index (κ2) is 11.8. The fourth-order valence-corrected chi connectivity index (χ4v) is 0. The van der Waals surface area contributed by atoms with Gasteiger partial charge in [0.05, 0.1) is 0 Å². The van der Waals surface area contributed by atoms with Gasteiger partial charge in [0.1, 0.15) is 0 Å². The van der Waals surface area contributed by atoms with Crippen LogP contribution in [0, 0.1) is 0 Å². The number of hydrogen-bond donors (Lipinski definition) is 0. The summed E-state index contributed by atoms with van der Waals surface area (Å²) in [5.41, 5.74) is 0. The van der Waals surface area contributed by atoms with E-state index in [0.717, 1.165) is 0 Å². The first-order valence-corrected chi connectivity index (χ1v) is 4.38. The van der Waals surface area contributed by atoms with Crippen LogP contribution in [0.3, 0.4) is 0 Å². The van der Waals surface area contributed by atoms with Gasteiger partial charge in [0.15, 0.2) is 0 Å². The summed E-state index contributed by atoms with van der Waals surface area (Å²) in [4.78, 5) is 51.3. The van der Waals surface area contributed by atoms with Gasteiger partial charge in [-0.1, -0.05) is 0 Å². The van der Waals surface area contributed by atoms with Crippen molar-refractivity contribution in [2.45, 2.75) is 0 Å². The maximum atomic E-state index is 8.55. The molecule has 0 radical (unpaired) electrons. The minimum atomic E-state index is -5.39. The molecular formula is Ni3O8P2. The van der Waals surface area contributed by atoms with Gasteiger partial charge in [-0.25, -0.2) is 0 Å². The Morgan fingerprint density at radius 1 is 0.538 bits per heavy atom. The van der Waals surface area contributed by atoms with E-state index in [-0.39, 0.29) is 49.5 Å². The fourth-order valence-electron chi connectivity index (χ4n) is 0. The van der Waals surface area contributed by atoms with Crippen molar-refractivity contribution >= 4 is 15.6 Å². The average Bonchev–Trinajstić information content (AvgIpc) is 1.12. The Kier molecular flexibility index (Phi) is 26.6. The van der Waals surface area contributed by atoms with Gasteiger partial charge in [0.2, 0.25) is 0 Å². The maximum Gasteiger partial charge on any atom is 2.00 e. The molecule has 0 rings (SSSR count). The van der Waals surface area contributed by atoms with Crippen LogP contribution in [-0.4, -0.2) is 0 Å². The van der Waals surface area contributed by atoms with Crippen molar-refractivity contribution in [3.63, 3.8) is 0 Å². The summed E-state index contributed by atoms with van der Waals surface area (Å²) in [6.45, 7) is 0. The largest absolute Gasteiger partial charge is 2.00 e. The third kappa shape index (κ3) is 649. The molecule has 88 valence electrons. The number of rotatable bonds is 0. The zero-order valence-corrected chi connectivity index (χ0v) is 9.86. The topological polar surface area (TPSA) is 172 Å². The Bertz CT molecular complexity index is 130. The molecule has 0 spiro atoms. The van der Waals surface area contributed by atoms with Gasteiger partial charge < -0.3 is 38.5 Å². The van der Waals surface area contributed by atoms with E-state index < -0.39 is 15.6 Å². The van der Waals surface area contributed by atoms with Crippen LogP contribution in [0.1, 0.15) is 0 Å². The van der Waals surface area contributed by atoms with Gasteiger partial charge in [0.25, 0.3) is 0 Å². The molecular weight excluding hydrogens is 366 g/mol. The first kappa shape index (κ1) is 29.3. The average molecular weight is 366 g/mol. The Hall–Kier alpha value is 1.70. The Balaban J connectivity index is -0.0000000267. The van der Waals surface area contributed by atoms with E-state index in [9.17, 15) is 0 Å². The molecule has 0 bridgehead atoms. The Morgan fingerprint density at radius 2 is 0.538 bits per heavy atom. The fraction of sp³-hybridized carbons (Fsp3) is 0. The summed E-state index contributed by atoms with van der Waals surface area (Å²) in [6.07, 6.45) is 0. The van der Waals surface area contributed by atoms with Crippen LogP contribution in [0.4, 0.5) is 0 Å². The molecule has 0 fully saturated rings. The van der Waals surface area contributed by atoms with Gasteiger partial charge >= 0.3 is 49.5 Å². The van der Waals surface area contributed by atoms with Crippen molar-refractivity contribution in [1.29, 1.82) is 0 Å². The van der Waals surface area contributed by atoms with Crippen molar-refractivity contribution < 1.29 is 88.0 Å². The molecule has 0 aromatic heterocycles. The first-order valence-electron chi connectivity index (χ1n) is 1.46. The molecule has 0 amide bonds. The summed E-state index contributed by atoms with van der Waals surface area (Å²) >= 11 is 0. The molecule has 0 unspecified atom stereocenters. The molecule has 0 N–H and O–H groups in total. The third-order valence-corrected chi connectivity index (χ3v) is 0. The second-order valence-electron chi connectivity index (χ2n) is 0.894. The van der Waals surface area contributed by atoms with E-state index in [0.29, 0.717) is 0 Å². The van der Waals surface area contributed by atoms with E-state index in [1.165, 1.54) is 0 Å². The smallest absolute Gasteiger partial charge is 0.822 e. The maximum absolute atomic E-state index is 8.55. The second-order valence-corrected chi connectivity index (χ2v) is 2.68. The van der Waals surface area contributed by atoms with E-state index >= 15 is 0 Å². The van der Waals surface area contributed by atoms with E-state index in [1.807, 2.05) is 0 Å². The third-order valence-electron chi connectivity index (χ3n) is 0.